The molecule has 0 spiro atoms. The first-order valence-electron chi connectivity index (χ1n) is 5.70. The maximum atomic E-state index is 11.7. The molecule has 0 saturated heterocycles. The van der Waals surface area contributed by atoms with Gasteiger partial charge in [-0.25, -0.2) is 0 Å². The van der Waals surface area contributed by atoms with Crippen molar-refractivity contribution in [3.8, 4) is 0 Å². The smallest absolute Gasteiger partial charge is 0.211 e. The van der Waals surface area contributed by atoms with Gasteiger partial charge in [-0.1, -0.05) is 44.2 Å². The normalized spacial score (nSPS) is 12.4. The van der Waals surface area contributed by atoms with E-state index in [1.807, 2.05) is 44.2 Å². The van der Waals surface area contributed by atoms with Gasteiger partial charge < -0.3 is 0 Å². The van der Waals surface area contributed by atoms with Gasteiger partial charge in [0.25, 0.3) is 0 Å². The van der Waals surface area contributed by atoms with Crippen molar-refractivity contribution in [2.45, 2.75) is 26.2 Å². The number of nitrogens with zero attached hydrogens (tertiary/aromatic N) is 1. The molecule has 92 valence electrons. The first-order chi connectivity index (χ1) is 8.00. The molecule has 0 radical (unpaired) electrons. The van der Waals surface area contributed by atoms with E-state index in [1.54, 1.807) is 0 Å². The van der Waals surface area contributed by atoms with Gasteiger partial charge in [-0.15, -0.1) is 0 Å². The van der Waals surface area contributed by atoms with Crippen molar-refractivity contribution in [2.24, 2.45) is 5.92 Å². The molecule has 0 aliphatic rings. The Morgan fingerprint density at radius 3 is 2.35 bits per heavy atom. The molecule has 0 aromatic heterocycles. The van der Waals surface area contributed by atoms with Crippen LogP contribution in [0.25, 0.3) is 0 Å². The molecule has 0 N–H and O–H groups in total. The van der Waals surface area contributed by atoms with Crippen molar-refractivity contribution >= 4 is 5.78 Å². The summed E-state index contributed by atoms with van der Waals surface area (Å²) in [4.78, 5) is 22.0. The highest BCUT2D eigenvalue weighted by Gasteiger charge is 2.22. The molecular formula is C13H17NO3. The quantitative estimate of drug-likeness (QED) is 0.562. The number of rotatable bonds is 6. The van der Waals surface area contributed by atoms with E-state index in [9.17, 15) is 14.9 Å². The third-order valence-corrected chi connectivity index (χ3v) is 2.73. The van der Waals surface area contributed by atoms with Crippen LogP contribution >= 0.6 is 0 Å². The molecule has 1 rings (SSSR count). The number of benzene rings is 1. The molecule has 17 heavy (non-hydrogen) atoms. The monoisotopic (exact) mass is 235 g/mol. The second kappa shape index (κ2) is 6.13. The Kier molecular flexibility index (Phi) is 4.82. The number of hydrogen-bond acceptors (Lipinski definition) is 3. The van der Waals surface area contributed by atoms with Gasteiger partial charge in [-0.3, -0.25) is 14.9 Å². The molecule has 1 aromatic carbocycles. The minimum absolute atomic E-state index is 0.0701. The van der Waals surface area contributed by atoms with Crippen molar-refractivity contribution in [2.75, 3.05) is 6.54 Å². The lowest BCUT2D eigenvalue weighted by Gasteiger charge is -2.13. The van der Waals surface area contributed by atoms with Crippen molar-refractivity contribution in [1.82, 2.24) is 0 Å². The van der Waals surface area contributed by atoms with Crippen molar-refractivity contribution in [3.05, 3.63) is 46.0 Å². The average Bonchev–Trinajstić information content (AvgIpc) is 2.28. The molecule has 0 saturated carbocycles. The predicted molar refractivity (Wildman–Crippen MR) is 65.5 cm³/mol. The summed E-state index contributed by atoms with van der Waals surface area (Å²) in [5.74, 6) is -0.324. The summed E-state index contributed by atoms with van der Waals surface area (Å²) in [5.41, 5.74) is 0.859. The molecule has 1 unspecified atom stereocenters. The summed E-state index contributed by atoms with van der Waals surface area (Å²) in [6, 6.07) is 9.20. The molecule has 0 aliphatic carbocycles. The Morgan fingerprint density at radius 2 is 1.88 bits per heavy atom. The van der Waals surface area contributed by atoms with Crippen LogP contribution in [0.1, 0.15) is 31.7 Å². The standard InChI is InChI=1S/C13H17NO3/c1-10(2)13(15)8-12(9-14(16)17)11-6-4-3-5-7-11/h3-7,10,12H,8-9H2,1-2H3. The first kappa shape index (κ1) is 13.4. The Hall–Kier alpha value is -1.71. The van der Waals surface area contributed by atoms with Gasteiger partial charge in [0.15, 0.2) is 0 Å². The zero-order valence-corrected chi connectivity index (χ0v) is 10.1. The third-order valence-electron chi connectivity index (χ3n) is 2.73. The summed E-state index contributed by atoms with van der Waals surface area (Å²) in [6.45, 7) is 3.44. The van der Waals surface area contributed by atoms with Crippen LogP contribution < -0.4 is 0 Å². The lowest BCUT2D eigenvalue weighted by molar-refractivity contribution is -0.483. The zero-order chi connectivity index (χ0) is 12.8. The number of carbonyl (C=O) groups excluding carboxylic acids is 1. The number of hydrogen-bond donors (Lipinski definition) is 0. The van der Waals surface area contributed by atoms with Gasteiger partial charge in [0.1, 0.15) is 5.78 Å². The molecule has 0 amide bonds. The molecule has 4 nitrogen and oxygen atoms in total. The van der Waals surface area contributed by atoms with Gasteiger partial charge >= 0.3 is 0 Å². The summed E-state index contributed by atoms with van der Waals surface area (Å²) in [7, 11) is 0. The van der Waals surface area contributed by atoms with Gasteiger partial charge in [0.2, 0.25) is 6.54 Å². The second-order valence-electron chi connectivity index (χ2n) is 4.45. The van der Waals surface area contributed by atoms with Crippen LogP contribution in [0, 0.1) is 16.0 Å². The Balaban J connectivity index is 2.81. The number of carbonyl (C=O) groups is 1. The maximum absolute atomic E-state index is 11.7. The third kappa shape index (κ3) is 4.34. The van der Waals surface area contributed by atoms with Crippen molar-refractivity contribution in [1.29, 1.82) is 0 Å². The van der Waals surface area contributed by atoms with E-state index in [0.717, 1.165) is 5.56 Å². The van der Waals surface area contributed by atoms with Gasteiger partial charge in [-0.05, 0) is 5.56 Å². The predicted octanol–water partition coefficient (Wildman–Crippen LogP) is 2.66. The Labute approximate surface area is 101 Å². The summed E-state index contributed by atoms with van der Waals surface area (Å²) < 4.78 is 0. The largest absolute Gasteiger partial charge is 0.299 e. The highest BCUT2D eigenvalue weighted by molar-refractivity contribution is 5.81. The van der Waals surface area contributed by atoms with Gasteiger partial charge in [0, 0.05) is 17.3 Å². The van der Waals surface area contributed by atoms with Crippen LogP contribution in [0.5, 0.6) is 0 Å². The Bertz CT molecular complexity index is 387. The number of Topliss-reactive ketones (excluding diaryl/α,β-unsaturated/α-hetero) is 1. The highest BCUT2D eigenvalue weighted by Crippen LogP contribution is 2.21. The lowest BCUT2D eigenvalue weighted by atomic mass is 9.90. The first-order valence-corrected chi connectivity index (χ1v) is 5.70. The van der Waals surface area contributed by atoms with Crippen LogP contribution in [0.15, 0.2) is 30.3 Å². The number of ketones is 1. The van der Waals surface area contributed by atoms with Crippen LogP contribution in [-0.4, -0.2) is 17.3 Å². The minimum Gasteiger partial charge on any atom is -0.299 e. The van der Waals surface area contributed by atoms with Crippen molar-refractivity contribution < 1.29 is 9.72 Å². The SMILES string of the molecule is CC(C)C(=O)CC(C[N+](=O)[O-])c1ccccc1. The molecule has 0 heterocycles. The van der Waals surface area contributed by atoms with E-state index in [2.05, 4.69) is 0 Å². The van der Waals surface area contributed by atoms with E-state index in [-0.39, 0.29) is 35.5 Å². The van der Waals surface area contributed by atoms with Gasteiger partial charge in [-0.2, -0.15) is 0 Å². The number of nitro groups is 1. The lowest BCUT2D eigenvalue weighted by Crippen LogP contribution is -2.19. The van der Waals surface area contributed by atoms with E-state index >= 15 is 0 Å². The van der Waals surface area contributed by atoms with Gasteiger partial charge in [0.05, 0.1) is 5.92 Å². The van der Waals surface area contributed by atoms with Crippen LogP contribution in [0.4, 0.5) is 0 Å². The minimum atomic E-state index is -0.356. The van der Waals surface area contributed by atoms with E-state index in [0.29, 0.717) is 0 Å². The average molecular weight is 235 g/mol. The van der Waals surface area contributed by atoms with E-state index < -0.39 is 0 Å². The Morgan fingerprint density at radius 1 is 1.29 bits per heavy atom. The summed E-state index contributed by atoms with van der Waals surface area (Å²) >= 11 is 0. The second-order valence-corrected chi connectivity index (χ2v) is 4.45. The zero-order valence-electron chi connectivity index (χ0n) is 10.1. The fraction of sp³-hybridized carbons (Fsp3) is 0.462. The van der Waals surface area contributed by atoms with E-state index in [4.69, 9.17) is 0 Å². The molecule has 4 heteroatoms. The molecule has 0 aliphatic heterocycles. The fourth-order valence-electron chi connectivity index (χ4n) is 1.67. The molecular weight excluding hydrogens is 218 g/mol. The maximum Gasteiger partial charge on any atom is 0.211 e. The van der Waals surface area contributed by atoms with Crippen LogP contribution in [0.3, 0.4) is 0 Å². The summed E-state index contributed by atoms with van der Waals surface area (Å²) in [6.07, 6.45) is 0.239. The summed E-state index contributed by atoms with van der Waals surface area (Å²) in [5, 5.41) is 10.6. The molecule has 1 atom stereocenters. The van der Waals surface area contributed by atoms with E-state index in [1.165, 1.54) is 0 Å². The van der Waals surface area contributed by atoms with Crippen LogP contribution in [-0.2, 0) is 4.79 Å². The van der Waals surface area contributed by atoms with Crippen LogP contribution in [0.2, 0.25) is 0 Å². The topological polar surface area (TPSA) is 60.2 Å². The molecule has 0 bridgehead atoms. The molecule has 1 aromatic rings. The molecule has 0 fully saturated rings. The van der Waals surface area contributed by atoms with Crippen molar-refractivity contribution in [3.63, 3.8) is 0 Å². The highest BCUT2D eigenvalue weighted by atomic mass is 16.6. The fourth-order valence-corrected chi connectivity index (χ4v) is 1.67.